The SMILES string of the molecule is CCCCCCl.O=C(O)N1CCCC1. The van der Waals surface area contributed by atoms with Gasteiger partial charge in [0.15, 0.2) is 0 Å². The van der Waals surface area contributed by atoms with Gasteiger partial charge in [-0.15, -0.1) is 11.6 Å². The van der Waals surface area contributed by atoms with E-state index in [4.69, 9.17) is 16.7 Å². The topological polar surface area (TPSA) is 40.5 Å². The Hall–Kier alpha value is -0.440. The van der Waals surface area contributed by atoms with Gasteiger partial charge in [0.2, 0.25) is 0 Å². The standard InChI is InChI=1S/C5H11Cl.C5H9NO2/c1-2-3-4-5-6;7-5(8)6-3-1-2-4-6/h2-5H2,1H3;1-4H2,(H,7,8). The number of unbranched alkanes of at least 4 members (excludes halogenated alkanes) is 2. The first-order valence-corrected chi connectivity index (χ1v) is 5.79. The summed E-state index contributed by atoms with van der Waals surface area (Å²) in [6.45, 7) is 3.64. The number of amides is 1. The molecule has 0 bridgehead atoms. The number of likely N-dealkylation sites (tertiary alicyclic amines) is 1. The smallest absolute Gasteiger partial charge is 0.407 e. The molecule has 1 aliphatic rings. The molecule has 0 aromatic rings. The minimum Gasteiger partial charge on any atom is -0.465 e. The summed E-state index contributed by atoms with van der Waals surface area (Å²) in [5.74, 6) is 0.827. The Morgan fingerprint density at radius 3 is 2.14 bits per heavy atom. The molecule has 0 radical (unpaired) electrons. The predicted molar refractivity (Wildman–Crippen MR) is 59.1 cm³/mol. The minimum atomic E-state index is -0.775. The quantitative estimate of drug-likeness (QED) is 0.588. The molecule has 3 nitrogen and oxygen atoms in total. The van der Waals surface area contributed by atoms with Crippen LogP contribution in [0.2, 0.25) is 0 Å². The van der Waals surface area contributed by atoms with Gasteiger partial charge in [0, 0.05) is 19.0 Å². The van der Waals surface area contributed by atoms with Gasteiger partial charge in [0.05, 0.1) is 0 Å². The second-order valence-electron chi connectivity index (χ2n) is 3.37. The van der Waals surface area contributed by atoms with Gasteiger partial charge < -0.3 is 10.0 Å². The largest absolute Gasteiger partial charge is 0.465 e. The van der Waals surface area contributed by atoms with Crippen LogP contribution in [0.3, 0.4) is 0 Å². The Morgan fingerprint density at radius 2 is 1.93 bits per heavy atom. The summed E-state index contributed by atoms with van der Waals surface area (Å²) in [7, 11) is 0. The summed E-state index contributed by atoms with van der Waals surface area (Å²) < 4.78 is 0. The molecule has 1 aliphatic heterocycles. The molecular formula is C10H20ClNO2. The fourth-order valence-corrected chi connectivity index (χ4v) is 1.44. The lowest BCUT2D eigenvalue weighted by atomic mass is 10.3. The molecule has 1 amide bonds. The predicted octanol–water partition coefficient (Wildman–Crippen LogP) is 3.18. The molecule has 4 heteroatoms. The number of halogens is 1. The van der Waals surface area contributed by atoms with Crippen molar-refractivity contribution < 1.29 is 9.90 Å². The van der Waals surface area contributed by atoms with Crippen molar-refractivity contribution in [3.63, 3.8) is 0 Å². The van der Waals surface area contributed by atoms with E-state index in [1.54, 1.807) is 0 Å². The Kier molecular flexibility index (Phi) is 8.84. The van der Waals surface area contributed by atoms with Crippen molar-refractivity contribution in [2.24, 2.45) is 0 Å². The minimum absolute atomic E-state index is 0.731. The third kappa shape index (κ3) is 7.01. The molecule has 0 aromatic heterocycles. The molecule has 1 saturated heterocycles. The number of carboxylic acid groups (broad SMARTS) is 1. The zero-order chi connectivity index (χ0) is 10.8. The van der Waals surface area contributed by atoms with E-state index in [-0.39, 0.29) is 0 Å². The van der Waals surface area contributed by atoms with E-state index in [0.29, 0.717) is 0 Å². The summed E-state index contributed by atoms with van der Waals surface area (Å²) >= 11 is 5.38. The summed E-state index contributed by atoms with van der Waals surface area (Å²) in [4.78, 5) is 11.6. The summed E-state index contributed by atoms with van der Waals surface area (Å²) in [6.07, 6.45) is 5.02. The van der Waals surface area contributed by atoms with E-state index >= 15 is 0 Å². The third-order valence-electron chi connectivity index (χ3n) is 2.11. The lowest BCUT2D eigenvalue weighted by Crippen LogP contribution is -2.25. The van der Waals surface area contributed by atoms with Crippen LogP contribution in [0.15, 0.2) is 0 Å². The zero-order valence-electron chi connectivity index (χ0n) is 8.84. The maximum Gasteiger partial charge on any atom is 0.407 e. The highest BCUT2D eigenvalue weighted by Crippen LogP contribution is 2.05. The molecule has 1 rings (SSSR count). The lowest BCUT2D eigenvalue weighted by Gasteiger charge is -2.07. The van der Waals surface area contributed by atoms with Crippen molar-refractivity contribution in [1.82, 2.24) is 4.90 Å². The second kappa shape index (κ2) is 9.13. The highest BCUT2D eigenvalue weighted by atomic mass is 35.5. The van der Waals surface area contributed by atoms with Crippen molar-refractivity contribution in [1.29, 1.82) is 0 Å². The molecule has 0 aromatic carbocycles. The zero-order valence-corrected chi connectivity index (χ0v) is 9.59. The molecule has 1 heterocycles. The maximum atomic E-state index is 10.1. The lowest BCUT2D eigenvalue weighted by molar-refractivity contribution is 0.156. The van der Waals surface area contributed by atoms with Crippen molar-refractivity contribution in [2.45, 2.75) is 39.0 Å². The highest BCUT2D eigenvalue weighted by Gasteiger charge is 2.15. The first-order valence-electron chi connectivity index (χ1n) is 5.26. The Balaban J connectivity index is 0.000000255. The van der Waals surface area contributed by atoms with Crippen molar-refractivity contribution in [2.75, 3.05) is 19.0 Å². The molecule has 0 atom stereocenters. The van der Waals surface area contributed by atoms with Crippen LogP contribution in [0.4, 0.5) is 4.79 Å². The third-order valence-corrected chi connectivity index (χ3v) is 2.38. The molecule has 1 fully saturated rings. The van der Waals surface area contributed by atoms with Gasteiger partial charge >= 0.3 is 6.09 Å². The number of hydrogen-bond donors (Lipinski definition) is 1. The van der Waals surface area contributed by atoms with Gasteiger partial charge in [0.1, 0.15) is 0 Å². The molecule has 84 valence electrons. The monoisotopic (exact) mass is 221 g/mol. The normalized spacial score (nSPS) is 14.9. The Bertz CT molecular complexity index is 143. The van der Waals surface area contributed by atoms with Gasteiger partial charge in [-0.2, -0.15) is 0 Å². The van der Waals surface area contributed by atoms with Gasteiger partial charge in [-0.1, -0.05) is 19.8 Å². The van der Waals surface area contributed by atoms with Crippen LogP contribution in [-0.4, -0.2) is 35.1 Å². The average Bonchev–Trinajstić information content (AvgIpc) is 2.68. The van der Waals surface area contributed by atoms with E-state index in [2.05, 4.69) is 6.92 Å². The molecular weight excluding hydrogens is 202 g/mol. The van der Waals surface area contributed by atoms with E-state index in [0.717, 1.165) is 31.8 Å². The van der Waals surface area contributed by atoms with Crippen LogP contribution in [-0.2, 0) is 0 Å². The Labute approximate surface area is 91.0 Å². The first kappa shape index (κ1) is 13.6. The van der Waals surface area contributed by atoms with Gasteiger partial charge in [0.25, 0.3) is 0 Å². The van der Waals surface area contributed by atoms with Crippen LogP contribution in [0.5, 0.6) is 0 Å². The summed E-state index contributed by atoms with van der Waals surface area (Å²) in [5.41, 5.74) is 0. The summed E-state index contributed by atoms with van der Waals surface area (Å²) in [6, 6.07) is 0. The van der Waals surface area contributed by atoms with E-state index in [1.807, 2.05) is 0 Å². The van der Waals surface area contributed by atoms with Gasteiger partial charge in [-0.3, -0.25) is 0 Å². The molecule has 0 aliphatic carbocycles. The van der Waals surface area contributed by atoms with Crippen LogP contribution in [0.1, 0.15) is 39.0 Å². The van der Waals surface area contributed by atoms with Crippen LogP contribution in [0.25, 0.3) is 0 Å². The van der Waals surface area contributed by atoms with E-state index in [1.165, 1.54) is 24.2 Å². The van der Waals surface area contributed by atoms with Gasteiger partial charge in [-0.25, -0.2) is 4.79 Å². The number of rotatable bonds is 3. The molecule has 0 saturated carbocycles. The van der Waals surface area contributed by atoms with E-state index < -0.39 is 6.09 Å². The molecule has 14 heavy (non-hydrogen) atoms. The summed E-state index contributed by atoms with van der Waals surface area (Å²) in [5, 5.41) is 8.34. The van der Waals surface area contributed by atoms with Crippen LogP contribution < -0.4 is 0 Å². The van der Waals surface area contributed by atoms with Crippen molar-refractivity contribution in [3.05, 3.63) is 0 Å². The molecule has 0 unspecified atom stereocenters. The van der Waals surface area contributed by atoms with E-state index in [9.17, 15) is 4.79 Å². The van der Waals surface area contributed by atoms with Gasteiger partial charge in [-0.05, 0) is 19.3 Å². The Morgan fingerprint density at radius 1 is 1.36 bits per heavy atom. The fraction of sp³-hybridized carbons (Fsp3) is 0.900. The molecule has 1 N–H and O–H groups in total. The van der Waals surface area contributed by atoms with Crippen LogP contribution in [0, 0.1) is 0 Å². The number of nitrogens with zero attached hydrogens (tertiary/aromatic N) is 1. The van der Waals surface area contributed by atoms with Crippen LogP contribution >= 0.6 is 11.6 Å². The highest BCUT2D eigenvalue weighted by molar-refractivity contribution is 6.17. The molecule has 0 spiro atoms. The number of carbonyl (C=O) groups is 1. The maximum absolute atomic E-state index is 10.1. The second-order valence-corrected chi connectivity index (χ2v) is 3.75. The number of alkyl halides is 1. The average molecular weight is 222 g/mol. The van der Waals surface area contributed by atoms with Crippen molar-refractivity contribution >= 4 is 17.7 Å². The fourth-order valence-electron chi connectivity index (χ4n) is 1.25. The van der Waals surface area contributed by atoms with Crippen molar-refractivity contribution in [3.8, 4) is 0 Å². The first-order chi connectivity index (χ1) is 6.72. The number of hydrogen-bond acceptors (Lipinski definition) is 1.